The van der Waals surface area contributed by atoms with E-state index >= 15 is 0 Å². The predicted molar refractivity (Wildman–Crippen MR) is 75.3 cm³/mol. The molecule has 0 radical (unpaired) electrons. The zero-order valence-corrected chi connectivity index (χ0v) is 12.2. The number of likely N-dealkylation sites (N-methyl/N-ethyl adjacent to an activating group) is 1. The van der Waals surface area contributed by atoms with Gasteiger partial charge in [0.15, 0.2) is 0 Å². The lowest BCUT2D eigenvalue weighted by Crippen LogP contribution is -2.24. The van der Waals surface area contributed by atoms with Crippen molar-refractivity contribution in [1.29, 1.82) is 0 Å². The zero-order valence-electron chi connectivity index (χ0n) is 11.5. The molecule has 0 spiro atoms. The van der Waals surface area contributed by atoms with Crippen LogP contribution in [-0.4, -0.2) is 36.2 Å². The summed E-state index contributed by atoms with van der Waals surface area (Å²) in [4.78, 5) is 2.05. The molecule has 1 aromatic carbocycles. The first-order chi connectivity index (χ1) is 8.45. The third-order valence-electron chi connectivity index (χ3n) is 2.73. The van der Waals surface area contributed by atoms with Crippen LogP contribution in [0.3, 0.4) is 0 Å². The molecule has 1 N–H and O–H groups in total. The van der Waals surface area contributed by atoms with Crippen LogP contribution in [0.25, 0.3) is 0 Å². The highest BCUT2D eigenvalue weighted by Gasteiger charge is 2.18. The normalized spacial score (nSPS) is 13.1. The van der Waals surface area contributed by atoms with Crippen LogP contribution in [-0.2, 0) is 0 Å². The lowest BCUT2D eigenvalue weighted by atomic mass is 10.1. The van der Waals surface area contributed by atoms with Gasteiger partial charge in [-0.05, 0) is 33.5 Å². The predicted octanol–water partition coefficient (Wildman–Crippen LogP) is 3.11. The number of hydrogen-bond acceptors (Lipinski definition) is 3. The molecule has 0 aromatic heterocycles. The number of nitrogens with zero attached hydrogens (tertiary/aromatic N) is 1. The van der Waals surface area contributed by atoms with Crippen molar-refractivity contribution in [3.8, 4) is 5.75 Å². The molecule has 0 saturated carbocycles. The number of halogens is 1. The van der Waals surface area contributed by atoms with Crippen molar-refractivity contribution in [3.63, 3.8) is 0 Å². The van der Waals surface area contributed by atoms with Crippen LogP contribution in [0, 0.1) is 0 Å². The van der Waals surface area contributed by atoms with Crippen LogP contribution in [0.5, 0.6) is 5.75 Å². The van der Waals surface area contributed by atoms with Crippen molar-refractivity contribution >= 4 is 11.6 Å². The van der Waals surface area contributed by atoms with E-state index in [0.29, 0.717) is 17.3 Å². The van der Waals surface area contributed by atoms with Gasteiger partial charge in [-0.2, -0.15) is 0 Å². The highest BCUT2D eigenvalue weighted by molar-refractivity contribution is 6.32. The number of rotatable bonds is 6. The van der Waals surface area contributed by atoms with Gasteiger partial charge >= 0.3 is 0 Å². The second kappa shape index (κ2) is 6.98. The fourth-order valence-electron chi connectivity index (χ4n) is 1.67. The molecule has 0 heterocycles. The molecule has 0 aliphatic heterocycles. The number of para-hydroxylation sites is 1. The van der Waals surface area contributed by atoms with Crippen molar-refractivity contribution < 1.29 is 9.84 Å². The standard InChI is InChI=1S/C14H22ClNO2/c1-5-16(4)9-13(17)11-7-6-8-12(15)14(11)18-10(2)3/h6-8,10,13,17H,5,9H2,1-4H3. The molecule has 1 aromatic rings. The van der Waals surface area contributed by atoms with E-state index in [1.54, 1.807) is 6.07 Å². The van der Waals surface area contributed by atoms with Gasteiger partial charge < -0.3 is 14.7 Å². The molecular formula is C14H22ClNO2. The van der Waals surface area contributed by atoms with Gasteiger partial charge in [0.2, 0.25) is 0 Å². The van der Waals surface area contributed by atoms with Crippen LogP contribution < -0.4 is 4.74 Å². The minimum atomic E-state index is -0.595. The second-order valence-electron chi connectivity index (χ2n) is 4.70. The zero-order chi connectivity index (χ0) is 13.7. The SMILES string of the molecule is CCN(C)CC(O)c1cccc(Cl)c1OC(C)C. The monoisotopic (exact) mass is 271 g/mol. The Morgan fingerprint density at radius 1 is 1.39 bits per heavy atom. The van der Waals surface area contributed by atoms with Crippen LogP contribution >= 0.6 is 11.6 Å². The molecule has 1 rings (SSSR count). The first-order valence-corrected chi connectivity index (χ1v) is 6.65. The van der Waals surface area contributed by atoms with Gasteiger partial charge in [0.1, 0.15) is 5.75 Å². The van der Waals surface area contributed by atoms with Crippen LogP contribution in [0.2, 0.25) is 5.02 Å². The van der Waals surface area contributed by atoms with E-state index in [1.807, 2.05) is 37.9 Å². The number of benzene rings is 1. The molecule has 1 unspecified atom stereocenters. The maximum atomic E-state index is 10.3. The van der Waals surface area contributed by atoms with E-state index in [1.165, 1.54) is 0 Å². The summed E-state index contributed by atoms with van der Waals surface area (Å²) < 4.78 is 5.70. The topological polar surface area (TPSA) is 32.7 Å². The van der Waals surface area contributed by atoms with Crippen molar-refractivity contribution in [2.24, 2.45) is 0 Å². The minimum absolute atomic E-state index is 0.0276. The first-order valence-electron chi connectivity index (χ1n) is 6.27. The molecule has 102 valence electrons. The van der Waals surface area contributed by atoms with E-state index in [-0.39, 0.29) is 6.10 Å². The molecule has 0 saturated heterocycles. The summed E-state index contributed by atoms with van der Waals surface area (Å²) in [7, 11) is 1.97. The first kappa shape index (κ1) is 15.3. The molecule has 3 nitrogen and oxygen atoms in total. The summed E-state index contributed by atoms with van der Waals surface area (Å²) >= 11 is 6.14. The average molecular weight is 272 g/mol. The van der Waals surface area contributed by atoms with Crippen LogP contribution in [0.4, 0.5) is 0 Å². The second-order valence-corrected chi connectivity index (χ2v) is 5.10. The van der Waals surface area contributed by atoms with E-state index < -0.39 is 6.10 Å². The molecule has 0 bridgehead atoms. The van der Waals surface area contributed by atoms with Crippen molar-refractivity contribution in [2.45, 2.75) is 33.0 Å². The minimum Gasteiger partial charge on any atom is -0.489 e. The number of ether oxygens (including phenoxy) is 1. The van der Waals surface area contributed by atoms with E-state index in [9.17, 15) is 5.11 Å². The molecular weight excluding hydrogens is 250 g/mol. The highest BCUT2D eigenvalue weighted by atomic mass is 35.5. The fraction of sp³-hybridized carbons (Fsp3) is 0.571. The van der Waals surface area contributed by atoms with Crippen molar-refractivity contribution in [1.82, 2.24) is 4.90 Å². The maximum Gasteiger partial charge on any atom is 0.144 e. The number of aliphatic hydroxyl groups excluding tert-OH is 1. The summed E-state index contributed by atoms with van der Waals surface area (Å²) in [5, 5.41) is 10.8. The Balaban J connectivity index is 2.96. The molecule has 0 aliphatic carbocycles. The van der Waals surface area contributed by atoms with E-state index in [4.69, 9.17) is 16.3 Å². The Morgan fingerprint density at radius 2 is 2.06 bits per heavy atom. The molecule has 4 heteroatoms. The van der Waals surface area contributed by atoms with E-state index in [2.05, 4.69) is 6.92 Å². The Kier molecular flexibility index (Phi) is 5.93. The van der Waals surface area contributed by atoms with Crippen molar-refractivity contribution in [2.75, 3.05) is 20.1 Å². The van der Waals surface area contributed by atoms with Crippen molar-refractivity contribution in [3.05, 3.63) is 28.8 Å². The van der Waals surface area contributed by atoms with Gasteiger partial charge in [0.05, 0.1) is 17.2 Å². The average Bonchev–Trinajstić information content (AvgIpc) is 2.30. The summed E-state index contributed by atoms with van der Waals surface area (Å²) in [6.45, 7) is 7.38. The summed E-state index contributed by atoms with van der Waals surface area (Å²) in [5.41, 5.74) is 0.747. The summed E-state index contributed by atoms with van der Waals surface area (Å²) in [5.74, 6) is 0.589. The number of aliphatic hydroxyl groups is 1. The van der Waals surface area contributed by atoms with Crippen LogP contribution in [0.15, 0.2) is 18.2 Å². The fourth-order valence-corrected chi connectivity index (χ4v) is 1.90. The van der Waals surface area contributed by atoms with Gasteiger partial charge in [0.25, 0.3) is 0 Å². The maximum absolute atomic E-state index is 10.3. The Morgan fingerprint density at radius 3 is 2.61 bits per heavy atom. The molecule has 18 heavy (non-hydrogen) atoms. The molecule has 0 fully saturated rings. The lowest BCUT2D eigenvalue weighted by molar-refractivity contribution is 0.123. The third kappa shape index (κ3) is 4.16. The summed E-state index contributed by atoms with van der Waals surface area (Å²) in [6.07, 6.45) is -0.567. The van der Waals surface area contributed by atoms with Gasteiger partial charge in [0, 0.05) is 12.1 Å². The summed E-state index contributed by atoms with van der Waals surface area (Å²) in [6, 6.07) is 5.47. The lowest BCUT2D eigenvalue weighted by Gasteiger charge is -2.22. The quantitative estimate of drug-likeness (QED) is 0.863. The van der Waals surface area contributed by atoms with Gasteiger partial charge in [-0.3, -0.25) is 0 Å². The van der Waals surface area contributed by atoms with Gasteiger partial charge in [-0.25, -0.2) is 0 Å². The molecule has 0 aliphatic rings. The largest absolute Gasteiger partial charge is 0.489 e. The van der Waals surface area contributed by atoms with Gasteiger partial charge in [-0.1, -0.05) is 30.7 Å². The smallest absolute Gasteiger partial charge is 0.144 e. The highest BCUT2D eigenvalue weighted by Crippen LogP contribution is 2.33. The van der Waals surface area contributed by atoms with E-state index in [0.717, 1.165) is 12.1 Å². The van der Waals surface area contributed by atoms with Gasteiger partial charge in [-0.15, -0.1) is 0 Å². The number of hydrogen-bond donors (Lipinski definition) is 1. The Bertz CT molecular complexity index is 382. The van der Waals surface area contributed by atoms with Crippen LogP contribution in [0.1, 0.15) is 32.4 Å². The third-order valence-corrected chi connectivity index (χ3v) is 3.03. The Labute approximate surface area is 114 Å². The molecule has 1 atom stereocenters. The molecule has 0 amide bonds. The Hall–Kier alpha value is -0.770.